The highest BCUT2D eigenvalue weighted by molar-refractivity contribution is 14.1. The first-order valence-electron chi connectivity index (χ1n) is 5.03. The van der Waals surface area contributed by atoms with E-state index in [0.29, 0.717) is 10.2 Å². The van der Waals surface area contributed by atoms with Crippen LogP contribution in [0.1, 0.15) is 10.4 Å². The normalized spacial score (nSPS) is 10.1. The first-order chi connectivity index (χ1) is 8.58. The van der Waals surface area contributed by atoms with Crippen LogP contribution in [0.3, 0.4) is 0 Å². The zero-order chi connectivity index (χ0) is 13.1. The van der Waals surface area contributed by atoms with E-state index in [0.717, 1.165) is 9.32 Å². The standard InChI is InChI=1S/C13H8BrIO3/c14-9-7-8(13(16)17)5-6-11(9)18-12-4-2-1-3-10(12)15/h1-7H,(H,16,17). The van der Waals surface area contributed by atoms with Crippen molar-refractivity contribution in [2.24, 2.45) is 0 Å². The van der Waals surface area contributed by atoms with E-state index in [2.05, 4.69) is 38.5 Å². The van der Waals surface area contributed by atoms with Crippen molar-refractivity contribution in [1.82, 2.24) is 0 Å². The van der Waals surface area contributed by atoms with Gasteiger partial charge in [-0.05, 0) is 68.9 Å². The molecule has 0 spiro atoms. The van der Waals surface area contributed by atoms with Crippen LogP contribution in [0.25, 0.3) is 0 Å². The molecular weight excluding hydrogens is 411 g/mol. The second-order valence-electron chi connectivity index (χ2n) is 3.48. The summed E-state index contributed by atoms with van der Waals surface area (Å²) in [5, 5.41) is 8.87. The van der Waals surface area contributed by atoms with Crippen LogP contribution in [0, 0.1) is 3.57 Å². The first-order valence-corrected chi connectivity index (χ1v) is 6.90. The molecule has 2 rings (SSSR count). The fourth-order valence-corrected chi connectivity index (χ4v) is 2.32. The summed E-state index contributed by atoms with van der Waals surface area (Å²) >= 11 is 5.49. The van der Waals surface area contributed by atoms with Gasteiger partial charge < -0.3 is 9.84 Å². The van der Waals surface area contributed by atoms with Crippen LogP contribution in [0.2, 0.25) is 0 Å². The van der Waals surface area contributed by atoms with Gasteiger partial charge in [0.2, 0.25) is 0 Å². The van der Waals surface area contributed by atoms with Crippen molar-refractivity contribution in [1.29, 1.82) is 0 Å². The van der Waals surface area contributed by atoms with Gasteiger partial charge in [0, 0.05) is 0 Å². The number of benzene rings is 2. The third-order valence-electron chi connectivity index (χ3n) is 2.24. The molecule has 0 amide bonds. The van der Waals surface area contributed by atoms with E-state index < -0.39 is 5.97 Å². The van der Waals surface area contributed by atoms with Crippen LogP contribution in [0.4, 0.5) is 0 Å². The molecule has 0 aliphatic heterocycles. The van der Waals surface area contributed by atoms with Gasteiger partial charge in [0.15, 0.2) is 0 Å². The Balaban J connectivity index is 2.30. The number of hydrogen-bond donors (Lipinski definition) is 1. The lowest BCUT2D eigenvalue weighted by molar-refractivity contribution is 0.0697. The predicted octanol–water partition coefficient (Wildman–Crippen LogP) is 4.54. The van der Waals surface area contributed by atoms with E-state index in [1.807, 2.05) is 24.3 Å². The van der Waals surface area contributed by atoms with Crippen LogP contribution in [0.15, 0.2) is 46.9 Å². The smallest absolute Gasteiger partial charge is 0.335 e. The summed E-state index contributed by atoms with van der Waals surface area (Å²) < 4.78 is 7.33. The number of hydrogen-bond acceptors (Lipinski definition) is 2. The molecule has 18 heavy (non-hydrogen) atoms. The summed E-state index contributed by atoms with van der Waals surface area (Å²) in [4.78, 5) is 10.8. The summed E-state index contributed by atoms with van der Waals surface area (Å²) in [6.45, 7) is 0. The zero-order valence-electron chi connectivity index (χ0n) is 9.06. The second kappa shape index (κ2) is 5.71. The minimum absolute atomic E-state index is 0.219. The Hall–Kier alpha value is -1.08. The van der Waals surface area contributed by atoms with E-state index in [4.69, 9.17) is 9.84 Å². The van der Waals surface area contributed by atoms with Gasteiger partial charge in [0.25, 0.3) is 0 Å². The van der Waals surface area contributed by atoms with E-state index in [1.165, 1.54) is 12.1 Å². The Morgan fingerprint density at radius 2 is 1.89 bits per heavy atom. The van der Waals surface area contributed by atoms with Crippen molar-refractivity contribution in [2.45, 2.75) is 0 Å². The van der Waals surface area contributed by atoms with Gasteiger partial charge in [-0.3, -0.25) is 0 Å². The second-order valence-corrected chi connectivity index (χ2v) is 5.50. The van der Waals surface area contributed by atoms with Gasteiger partial charge in [0.1, 0.15) is 11.5 Å². The molecular formula is C13H8BrIO3. The third kappa shape index (κ3) is 3.02. The fraction of sp³-hybridized carbons (Fsp3) is 0. The van der Waals surface area contributed by atoms with Crippen molar-refractivity contribution in [2.75, 3.05) is 0 Å². The molecule has 0 aliphatic rings. The molecule has 5 heteroatoms. The molecule has 0 saturated carbocycles. The molecule has 0 aliphatic carbocycles. The van der Waals surface area contributed by atoms with Crippen molar-refractivity contribution in [3.05, 3.63) is 56.1 Å². The minimum atomic E-state index is -0.962. The summed E-state index contributed by atoms with van der Waals surface area (Å²) in [6, 6.07) is 12.3. The number of halogens is 2. The molecule has 0 unspecified atom stereocenters. The topological polar surface area (TPSA) is 46.5 Å². The number of para-hydroxylation sites is 1. The Bertz CT molecular complexity index is 599. The monoisotopic (exact) mass is 418 g/mol. The SMILES string of the molecule is O=C(O)c1ccc(Oc2ccccc2I)c(Br)c1. The summed E-state index contributed by atoms with van der Waals surface area (Å²) in [5.74, 6) is 0.363. The van der Waals surface area contributed by atoms with Crippen molar-refractivity contribution >= 4 is 44.5 Å². The average Bonchev–Trinajstić information content (AvgIpc) is 2.34. The first kappa shape index (κ1) is 13.4. The van der Waals surface area contributed by atoms with Crippen LogP contribution in [-0.4, -0.2) is 11.1 Å². The molecule has 0 saturated heterocycles. The molecule has 0 aromatic heterocycles. The van der Waals surface area contributed by atoms with E-state index in [1.54, 1.807) is 6.07 Å². The number of rotatable bonds is 3. The Labute approximate surface area is 126 Å². The molecule has 0 radical (unpaired) electrons. The van der Waals surface area contributed by atoms with E-state index in [-0.39, 0.29) is 5.56 Å². The average molecular weight is 419 g/mol. The molecule has 92 valence electrons. The lowest BCUT2D eigenvalue weighted by atomic mass is 10.2. The molecule has 0 heterocycles. The van der Waals surface area contributed by atoms with Gasteiger partial charge in [0.05, 0.1) is 13.6 Å². The van der Waals surface area contributed by atoms with E-state index in [9.17, 15) is 4.79 Å². The molecule has 0 bridgehead atoms. The lowest BCUT2D eigenvalue weighted by Crippen LogP contribution is -1.96. The van der Waals surface area contributed by atoms with Crippen LogP contribution in [-0.2, 0) is 0 Å². The molecule has 1 N–H and O–H groups in total. The Kier molecular flexibility index (Phi) is 4.23. The maximum Gasteiger partial charge on any atom is 0.335 e. The van der Waals surface area contributed by atoms with E-state index >= 15 is 0 Å². The summed E-state index contributed by atoms with van der Waals surface area (Å²) in [6.07, 6.45) is 0. The minimum Gasteiger partial charge on any atom is -0.478 e. The summed E-state index contributed by atoms with van der Waals surface area (Å²) in [7, 11) is 0. The summed E-state index contributed by atoms with van der Waals surface area (Å²) in [5.41, 5.74) is 0.219. The lowest BCUT2D eigenvalue weighted by Gasteiger charge is -2.09. The quantitative estimate of drug-likeness (QED) is 0.744. The molecule has 2 aromatic carbocycles. The van der Waals surface area contributed by atoms with Gasteiger partial charge >= 0.3 is 5.97 Å². The number of carboxylic acids is 1. The Morgan fingerprint density at radius 3 is 2.50 bits per heavy atom. The number of carboxylic acid groups (broad SMARTS) is 1. The third-order valence-corrected chi connectivity index (χ3v) is 3.75. The van der Waals surface area contributed by atoms with Gasteiger partial charge in [-0.1, -0.05) is 12.1 Å². The molecule has 2 aromatic rings. The van der Waals surface area contributed by atoms with Crippen molar-refractivity contribution < 1.29 is 14.6 Å². The molecule has 0 fully saturated rings. The van der Waals surface area contributed by atoms with Crippen molar-refractivity contribution in [3.8, 4) is 11.5 Å². The fourth-order valence-electron chi connectivity index (χ4n) is 1.36. The Morgan fingerprint density at radius 1 is 1.17 bits per heavy atom. The maximum absolute atomic E-state index is 10.8. The maximum atomic E-state index is 10.8. The molecule has 3 nitrogen and oxygen atoms in total. The number of ether oxygens (including phenoxy) is 1. The van der Waals surface area contributed by atoms with Crippen molar-refractivity contribution in [3.63, 3.8) is 0 Å². The van der Waals surface area contributed by atoms with Gasteiger partial charge in [-0.15, -0.1) is 0 Å². The molecule has 0 atom stereocenters. The van der Waals surface area contributed by atoms with Crippen LogP contribution in [0.5, 0.6) is 11.5 Å². The van der Waals surface area contributed by atoms with Gasteiger partial charge in [-0.2, -0.15) is 0 Å². The highest BCUT2D eigenvalue weighted by Gasteiger charge is 2.09. The van der Waals surface area contributed by atoms with Crippen LogP contribution >= 0.6 is 38.5 Å². The largest absolute Gasteiger partial charge is 0.478 e. The highest BCUT2D eigenvalue weighted by Crippen LogP contribution is 2.32. The van der Waals surface area contributed by atoms with Crippen LogP contribution < -0.4 is 4.74 Å². The number of carbonyl (C=O) groups is 1. The predicted molar refractivity (Wildman–Crippen MR) is 80.3 cm³/mol. The van der Waals surface area contributed by atoms with Gasteiger partial charge in [-0.25, -0.2) is 4.79 Å². The number of aromatic carboxylic acids is 1. The zero-order valence-corrected chi connectivity index (χ0v) is 12.8. The highest BCUT2D eigenvalue weighted by atomic mass is 127.